The van der Waals surface area contributed by atoms with Crippen molar-refractivity contribution in [2.24, 2.45) is 0 Å². The van der Waals surface area contributed by atoms with Gasteiger partial charge in [0, 0.05) is 6.07 Å². The van der Waals surface area contributed by atoms with E-state index < -0.39 is 0 Å². The normalized spacial score (nSPS) is 10.4. The summed E-state index contributed by atoms with van der Waals surface area (Å²) in [6.45, 7) is 0.0789. The van der Waals surface area contributed by atoms with E-state index in [0.29, 0.717) is 33.5 Å². The molecule has 0 radical (unpaired) electrons. The Kier molecular flexibility index (Phi) is 5.38. The number of methoxy groups -OCH3 is 2. The minimum absolute atomic E-state index is 0.0789. The third-order valence-electron chi connectivity index (χ3n) is 3.64. The maximum atomic E-state index is 12.2. The zero-order valence-corrected chi connectivity index (χ0v) is 14.9. The minimum Gasteiger partial charge on any atom is -0.497 e. The van der Waals surface area contributed by atoms with Crippen LogP contribution in [0.15, 0.2) is 47.0 Å². The monoisotopic (exact) mass is 373 g/mol. The lowest BCUT2D eigenvalue weighted by atomic mass is 10.2. The second-order valence-electron chi connectivity index (χ2n) is 5.24. The molecule has 3 aromatic rings. The minimum atomic E-state index is -0.322. The van der Waals surface area contributed by atoms with Gasteiger partial charge in [-0.25, -0.2) is 0 Å². The molecule has 0 aliphatic carbocycles. The molecular formula is C18H16ClN3O4. The molecule has 134 valence electrons. The molecule has 7 nitrogen and oxygen atoms in total. The fraction of sp³-hybridized carbons (Fsp3) is 0.167. The summed E-state index contributed by atoms with van der Waals surface area (Å²) >= 11 is 6.01. The van der Waals surface area contributed by atoms with Crippen LogP contribution in [0.4, 0.5) is 0 Å². The van der Waals surface area contributed by atoms with E-state index in [-0.39, 0.29) is 18.3 Å². The van der Waals surface area contributed by atoms with E-state index in [9.17, 15) is 4.79 Å². The second-order valence-corrected chi connectivity index (χ2v) is 5.65. The van der Waals surface area contributed by atoms with Crippen molar-refractivity contribution in [1.82, 2.24) is 15.5 Å². The van der Waals surface area contributed by atoms with E-state index in [1.165, 1.54) is 0 Å². The maximum Gasteiger partial charge on any atom is 0.253 e. The number of rotatable bonds is 6. The Hall–Kier alpha value is -3.06. The van der Waals surface area contributed by atoms with Crippen molar-refractivity contribution >= 4 is 17.5 Å². The SMILES string of the molecule is COc1ccc(-c2noc(CNC(=O)c3ccccc3Cl)n2)c(OC)c1. The van der Waals surface area contributed by atoms with Crippen molar-refractivity contribution in [1.29, 1.82) is 0 Å². The van der Waals surface area contributed by atoms with Crippen molar-refractivity contribution in [3.05, 3.63) is 58.9 Å². The van der Waals surface area contributed by atoms with Crippen LogP contribution in [0.25, 0.3) is 11.4 Å². The Morgan fingerprint density at radius 3 is 2.73 bits per heavy atom. The van der Waals surface area contributed by atoms with Gasteiger partial charge in [-0.1, -0.05) is 28.9 Å². The number of carbonyl (C=O) groups is 1. The predicted molar refractivity (Wildman–Crippen MR) is 95.5 cm³/mol. The molecule has 26 heavy (non-hydrogen) atoms. The van der Waals surface area contributed by atoms with Crippen LogP contribution in [0.1, 0.15) is 16.2 Å². The highest BCUT2D eigenvalue weighted by Gasteiger charge is 2.16. The number of hydrogen-bond donors (Lipinski definition) is 1. The van der Waals surface area contributed by atoms with Crippen molar-refractivity contribution in [3.8, 4) is 22.9 Å². The standard InChI is InChI=1S/C18H16ClN3O4/c1-24-11-7-8-13(15(9-11)25-2)17-21-16(26-22-17)10-20-18(23)12-5-3-4-6-14(12)19/h3-9H,10H2,1-2H3,(H,20,23). The van der Waals surface area contributed by atoms with Crippen LogP contribution in [0, 0.1) is 0 Å². The van der Waals surface area contributed by atoms with Gasteiger partial charge in [0.1, 0.15) is 11.5 Å². The van der Waals surface area contributed by atoms with Crippen LogP contribution >= 0.6 is 11.6 Å². The van der Waals surface area contributed by atoms with Crippen LogP contribution in [0.3, 0.4) is 0 Å². The van der Waals surface area contributed by atoms with E-state index in [1.807, 2.05) is 0 Å². The molecule has 0 fully saturated rings. The highest BCUT2D eigenvalue weighted by atomic mass is 35.5. The fourth-order valence-electron chi connectivity index (χ4n) is 2.32. The first-order valence-electron chi connectivity index (χ1n) is 7.70. The molecule has 0 saturated carbocycles. The molecule has 1 aromatic heterocycles. The van der Waals surface area contributed by atoms with E-state index >= 15 is 0 Å². The topological polar surface area (TPSA) is 86.5 Å². The Labute approximate surface area is 154 Å². The van der Waals surface area contributed by atoms with Crippen molar-refractivity contribution < 1.29 is 18.8 Å². The molecule has 0 saturated heterocycles. The highest BCUT2D eigenvalue weighted by molar-refractivity contribution is 6.33. The number of hydrogen-bond acceptors (Lipinski definition) is 6. The lowest BCUT2D eigenvalue weighted by molar-refractivity contribution is 0.0946. The number of aromatic nitrogens is 2. The van der Waals surface area contributed by atoms with Gasteiger partial charge in [0.25, 0.3) is 5.91 Å². The quantitative estimate of drug-likeness (QED) is 0.713. The van der Waals surface area contributed by atoms with Crippen LogP contribution in [-0.4, -0.2) is 30.3 Å². The number of amides is 1. The van der Waals surface area contributed by atoms with Gasteiger partial charge >= 0.3 is 0 Å². The summed E-state index contributed by atoms with van der Waals surface area (Å²) in [7, 11) is 3.12. The molecule has 1 N–H and O–H groups in total. The Morgan fingerprint density at radius 1 is 1.19 bits per heavy atom. The number of carbonyl (C=O) groups excluding carboxylic acids is 1. The summed E-state index contributed by atoms with van der Waals surface area (Å²) in [5.41, 5.74) is 1.03. The molecule has 1 heterocycles. The number of halogens is 1. The molecule has 0 atom stereocenters. The first-order chi connectivity index (χ1) is 12.6. The van der Waals surface area contributed by atoms with E-state index in [0.717, 1.165) is 0 Å². The molecule has 2 aromatic carbocycles. The van der Waals surface area contributed by atoms with Crippen LogP contribution in [0.2, 0.25) is 5.02 Å². The number of benzene rings is 2. The largest absolute Gasteiger partial charge is 0.497 e. The summed E-state index contributed by atoms with van der Waals surface area (Å²) < 4.78 is 15.7. The number of ether oxygens (including phenoxy) is 2. The fourth-order valence-corrected chi connectivity index (χ4v) is 2.54. The third-order valence-corrected chi connectivity index (χ3v) is 3.97. The van der Waals surface area contributed by atoms with Crippen LogP contribution in [-0.2, 0) is 6.54 Å². The zero-order valence-electron chi connectivity index (χ0n) is 14.2. The van der Waals surface area contributed by atoms with Gasteiger partial charge in [0.2, 0.25) is 11.7 Å². The first kappa shape index (κ1) is 17.8. The molecule has 0 bridgehead atoms. The van der Waals surface area contributed by atoms with Crippen LogP contribution in [0.5, 0.6) is 11.5 Å². The van der Waals surface area contributed by atoms with E-state index in [4.69, 9.17) is 25.6 Å². The summed E-state index contributed by atoms with van der Waals surface area (Å²) in [6, 6.07) is 12.1. The van der Waals surface area contributed by atoms with Gasteiger partial charge in [0.05, 0.1) is 36.9 Å². The summed E-state index contributed by atoms with van der Waals surface area (Å²) in [6.07, 6.45) is 0. The van der Waals surface area contributed by atoms with E-state index in [1.54, 1.807) is 56.7 Å². The van der Waals surface area contributed by atoms with Crippen molar-refractivity contribution in [2.45, 2.75) is 6.54 Å². The molecule has 8 heteroatoms. The lowest BCUT2D eigenvalue weighted by Crippen LogP contribution is -2.23. The molecule has 0 unspecified atom stereocenters. The maximum absolute atomic E-state index is 12.2. The van der Waals surface area contributed by atoms with Gasteiger partial charge in [-0.05, 0) is 24.3 Å². The van der Waals surface area contributed by atoms with Gasteiger partial charge in [-0.2, -0.15) is 4.98 Å². The Bertz CT molecular complexity index is 926. The van der Waals surface area contributed by atoms with Crippen LogP contribution < -0.4 is 14.8 Å². The van der Waals surface area contributed by atoms with Crippen molar-refractivity contribution in [2.75, 3.05) is 14.2 Å². The smallest absolute Gasteiger partial charge is 0.253 e. The predicted octanol–water partition coefficient (Wildman–Crippen LogP) is 3.34. The zero-order chi connectivity index (χ0) is 18.5. The molecule has 3 rings (SSSR count). The van der Waals surface area contributed by atoms with Gasteiger partial charge in [-0.3, -0.25) is 4.79 Å². The van der Waals surface area contributed by atoms with E-state index in [2.05, 4.69) is 15.5 Å². The average molecular weight is 374 g/mol. The lowest BCUT2D eigenvalue weighted by Gasteiger charge is -2.07. The molecular weight excluding hydrogens is 358 g/mol. The Balaban J connectivity index is 1.73. The van der Waals surface area contributed by atoms with Gasteiger partial charge < -0.3 is 19.3 Å². The second kappa shape index (κ2) is 7.88. The third kappa shape index (κ3) is 3.78. The molecule has 0 spiro atoms. The number of nitrogens with one attached hydrogen (secondary N) is 1. The first-order valence-corrected chi connectivity index (χ1v) is 8.08. The van der Waals surface area contributed by atoms with Gasteiger partial charge in [-0.15, -0.1) is 0 Å². The molecule has 0 aliphatic heterocycles. The van der Waals surface area contributed by atoms with Crippen molar-refractivity contribution in [3.63, 3.8) is 0 Å². The Morgan fingerprint density at radius 2 is 2.00 bits per heavy atom. The van der Waals surface area contributed by atoms with Gasteiger partial charge in [0.15, 0.2) is 0 Å². The highest BCUT2D eigenvalue weighted by Crippen LogP contribution is 2.31. The molecule has 0 aliphatic rings. The average Bonchev–Trinajstić information content (AvgIpc) is 3.14. The summed E-state index contributed by atoms with van der Waals surface area (Å²) in [5.74, 6) is 1.50. The summed E-state index contributed by atoms with van der Waals surface area (Å²) in [5, 5.41) is 7.01. The summed E-state index contributed by atoms with van der Waals surface area (Å²) in [4.78, 5) is 16.5. The molecule has 1 amide bonds. The number of nitrogens with zero attached hydrogens (tertiary/aromatic N) is 2.